The van der Waals surface area contributed by atoms with Gasteiger partial charge in [0.1, 0.15) is 10.5 Å². The molecule has 184 valence electrons. The molecule has 10 heteroatoms. The van der Waals surface area contributed by atoms with Crippen LogP contribution in [0, 0.1) is 20.8 Å². The van der Waals surface area contributed by atoms with Gasteiger partial charge in [0.2, 0.25) is 0 Å². The Hall–Kier alpha value is -3.95. The molecule has 3 aromatic carbocycles. The Morgan fingerprint density at radius 3 is 2.22 bits per heavy atom. The average Bonchev–Trinajstić information content (AvgIpc) is 2.80. The van der Waals surface area contributed by atoms with Gasteiger partial charge >= 0.3 is 16.1 Å². The SMILES string of the molecule is Cc1ccc(S(=O)(=O)Oc2ccc(/C=C3\C(=O)NC(=O)N(c4cc(C)ccc4C)C3=O)cc2Cl)cc1. The second-order valence-electron chi connectivity index (χ2n) is 8.29. The van der Waals surface area contributed by atoms with Crippen molar-refractivity contribution in [2.24, 2.45) is 0 Å². The molecule has 0 spiro atoms. The van der Waals surface area contributed by atoms with Crippen LogP contribution in [-0.2, 0) is 19.7 Å². The molecule has 1 aliphatic rings. The molecule has 36 heavy (non-hydrogen) atoms. The highest BCUT2D eigenvalue weighted by Crippen LogP contribution is 2.31. The molecule has 0 aliphatic carbocycles. The molecule has 1 fully saturated rings. The molecule has 8 nitrogen and oxygen atoms in total. The van der Waals surface area contributed by atoms with Gasteiger partial charge in [-0.05, 0) is 73.9 Å². The van der Waals surface area contributed by atoms with E-state index in [2.05, 4.69) is 5.32 Å². The maximum Gasteiger partial charge on any atom is 0.339 e. The van der Waals surface area contributed by atoms with Gasteiger partial charge in [0.25, 0.3) is 11.8 Å². The van der Waals surface area contributed by atoms with Crippen molar-refractivity contribution in [3.05, 3.63) is 93.5 Å². The van der Waals surface area contributed by atoms with Crippen molar-refractivity contribution in [1.29, 1.82) is 0 Å². The number of carbonyl (C=O) groups is 3. The molecule has 0 atom stereocenters. The first kappa shape index (κ1) is 25.2. The van der Waals surface area contributed by atoms with Crippen molar-refractivity contribution in [3.8, 4) is 5.75 Å². The number of imide groups is 2. The number of anilines is 1. The van der Waals surface area contributed by atoms with Crippen LogP contribution in [0.15, 0.2) is 71.1 Å². The van der Waals surface area contributed by atoms with Crippen molar-refractivity contribution in [2.75, 3.05) is 4.90 Å². The number of benzene rings is 3. The number of carbonyl (C=O) groups excluding carboxylic acids is 3. The summed E-state index contributed by atoms with van der Waals surface area (Å²) in [6.45, 7) is 5.40. The minimum absolute atomic E-state index is 0.0314. The molecule has 0 bridgehead atoms. The molecular formula is C26H21ClN2O6S. The fraction of sp³-hybridized carbons (Fsp3) is 0.115. The Labute approximate surface area is 213 Å². The van der Waals surface area contributed by atoms with E-state index in [1.807, 2.05) is 19.9 Å². The number of amides is 4. The van der Waals surface area contributed by atoms with Gasteiger partial charge in [0, 0.05) is 0 Å². The van der Waals surface area contributed by atoms with Crippen LogP contribution >= 0.6 is 11.6 Å². The van der Waals surface area contributed by atoms with E-state index in [0.29, 0.717) is 16.8 Å². The molecule has 1 aliphatic heterocycles. The van der Waals surface area contributed by atoms with Gasteiger partial charge in [-0.3, -0.25) is 14.9 Å². The second kappa shape index (κ2) is 9.60. The highest BCUT2D eigenvalue weighted by molar-refractivity contribution is 7.87. The summed E-state index contributed by atoms with van der Waals surface area (Å²) in [7, 11) is -4.12. The summed E-state index contributed by atoms with van der Waals surface area (Å²) in [6, 6.07) is 14.7. The van der Waals surface area contributed by atoms with Crippen molar-refractivity contribution in [3.63, 3.8) is 0 Å². The van der Waals surface area contributed by atoms with E-state index >= 15 is 0 Å². The fourth-order valence-electron chi connectivity index (χ4n) is 3.55. The van der Waals surface area contributed by atoms with E-state index in [1.54, 1.807) is 31.2 Å². The van der Waals surface area contributed by atoms with Crippen molar-refractivity contribution in [2.45, 2.75) is 25.7 Å². The lowest BCUT2D eigenvalue weighted by Gasteiger charge is -2.27. The Kier molecular flexibility index (Phi) is 6.71. The van der Waals surface area contributed by atoms with Gasteiger partial charge in [-0.25, -0.2) is 9.69 Å². The van der Waals surface area contributed by atoms with Crippen LogP contribution in [0.5, 0.6) is 5.75 Å². The maximum atomic E-state index is 13.2. The molecule has 0 radical (unpaired) electrons. The molecule has 1 N–H and O–H groups in total. The van der Waals surface area contributed by atoms with E-state index < -0.39 is 28.0 Å². The number of aryl methyl sites for hydroxylation is 3. The van der Waals surface area contributed by atoms with Crippen LogP contribution in [0.3, 0.4) is 0 Å². The van der Waals surface area contributed by atoms with Crippen LogP contribution in [0.25, 0.3) is 6.08 Å². The van der Waals surface area contributed by atoms with Crippen LogP contribution < -0.4 is 14.4 Å². The van der Waals surface area contributed by atoms with Crippen LogP contribution in [0.4, 0.5) is 10.5 Å². The zero-order valence-electron chi connectivity index (χ0n) is 19.5. The van der Waals surface area contributed by atoms with Crippen molar-refractivity contribution < 1.29 is 27.0 Å². The standard InChI is InChI=1S/C26H21ClN2O6S/c1-15-5-9-19(10-6-15)36(33,34)35-23-11-8-18(14-21(23)27)13-20-24(30)28-26(32)29(25(20)31)22-12-16(2)4-7-17(22)3/h4-14H,1-3H3,(H,28,30,32)/b20-13+. The summed E-state index contributed by atoms with van der Waals surface area (Å²) >= 11 is 6.26. The largest absolute Gasteiger partial charge is 0.377 e. The lowest BCUT2D eigenvalue weighted by molar-refractivity contribution is -0.122. The van der Waals surface area contributed by atoms with Crippen molar-refractivity contribution in [1.82, 2.24) is 5.32 Å². The predicted octanol–water partition coefficient (Wildman–Crippen LogP) is 4.70. The quantitative estimate of drug-likeness (QED) is 0.294. The van der Waals surface area contributed by atoms with E-state index in [0.717, 1.165) is 16.0 Å². The topological polar surface area (TPSA) is 110 Å². The second-order valence-corrected chi connectivity index (χ2v) is 10.2. The summed E-state index contributed by atoms with van der Waals surface area (Å²) in [5, 5.41) is 2.13. The first-order valence-electron chi connectivity index (χ1n) is 10.8. The zero-order valence-corrected chi connectivity index (χ0v) is 21.1. The lowest BCUT2D eigenvalue weighted by Crippen LogP contribution is -2.54. The molecule has 4 amide bonds. The Bertz CT molecular complexity index is 1550. The van der Waals surface area contributed by atoms with E-state index in [-0.39, 0.29) is 21.2 Å². The molecule has 1 heterocycles. The molecule has 4 rings (SSSR count). The minimum Gasteiger partial charge on any atom is -0.377 e. The molecule has 0 aromatic heterocycles. The summed E-state index contributed by atoms with van der Waals surface area (Å²) in [5.74, 6) is -1.77. The lowest BCUT2D eigenvalue weighted by atomic mass is 10.0. The minimum atomic E-state index is -4.12. The monoisotopic (exact) mass is 524 g/mol. The number of nitrogens with zero attached hydrogens (tertiary/aromatic N) is 1. The first-order chi connectivity index (χ1) is 17.0. The third-order valence-electron chi connectivity index (χ3n) is 5.48. The third-order valence-corrected chi connectivity index (χ3v) is 7.03. The normalized spacial score (nSPS) is 15.3. The van der Waals surface area contributed by atoms with Gasteiger partial charge in [-0.15, -0.1) is 0 Å². The maximum absolute atomic E-state index is 13.2. The Morgan fingerprint density at radius 2 is 1.56 bits per heavy atom. The molecule has 0 saturated carbocycles. The van der Waals surface area contributed by atoms with Gasteiger partial charge in [-0.1, -0.05) is 47.5 Å². The number of halogens is 1. The smallest absolute Gasteiger partial charge is 0.339 e. The van der Waals surface area contributed by atoms with Gasteiger partial charge < -0.3 is 4.18 Å². The highest BCUT2D eigenvalue weighted by Gasteiger charge is 2.37. The number of barbiturate groups is 1. The van der Waals surface area contributed by atoms with Crippen LogP contribution in [-0.4, -0.2) is 26.3 Å². The Morgan fingerprint density at radius 1 is 0.889 bits per heavy atom. The summed E-state index contributed by atoms with van der Waals surface area (Å²) in [6.07, 6.45) is 1.27. The van der Waals surface area contributed by atoms with Gasteiger partial charge in [-0.2, -0.15) is 8.42 Å². The van der Waals surface area contributed by atoms with Gasteiger partial charge in [0.05, 0.1) is 10.7 Å². The summed E-state index contributed by atoms with van der Waals surface area (Å²) in [5.41, 5.74) is 2.81. The molecular weight excluding hydrogens is 504 g/mol. The number of urea groups is 1. The molecule has 0 unspecified atom stereocenters. The number of hydrogen-bond donors (Lipinski definition) is 1. The number of rotatable bonds is 5. The first-order valence-corrected chi connectivity index (χ1v) is 12.5. The van der Waals surface area contributed by atoms with Crippen molar-refractivity contribution >= 4 is 51.3 Å². The van der Waals surface area contributed by atoms with Gasteiger partial charge in [0.15, 0.2) is 5.75 Å². The van der Waals surface area contributed by atoms with Crippen LogP contribution in [0.1, 0.15) is 22.3 Å². The zero-order chi connectivity index (χ0) is 26.2. The summed E-state index contributed by atoms with van der Waals surface area (Å²) in [4.78, 5) is 39.0. The molecule has 3 aromatic rings. The number of hydrogen-bond acceptors (Lipinski definition) is 6. The van der Waals surface area contributed by atoms with Crippen LogP contribution in [0.2, 0.25) is 5.02 Å². The third kappa shape index (κ3) is 5.02. The Balaban J connectivity index is 1.64. The van der Waals surface area contributed by atoms with E-state index in [4.69, 9.17) is 15.8 Å². The average molecular weight is 525 g/mol. The number of nitrogens with one attached hydrogen (secondary N) is 1. The molecule has 1 saturated heterocycles. The van der Waals surface area contributed by atoms with E-state index in [9.17, 15) is 22.8 Å². The fourth-order valence-corrected chi connectivity index (χ4v) is 4.77. The van der Waals surface area contributed by atoms with E-state index in [1.165, 1.54) is 36.4 Å². The predicted molar refractivity (Wildman–Crippen MR) is 135 cm³/mol. The highest BCUT2D eigenvalue weighted by atomic mass is 35.5. The summed E-state index contributed by atoms with van der Waals surface area (Å²) < 4.78 is 30.3.